The molecule has 3 aromatic rings. The van der Waals surface area contributed by atoms with Gasteiger partial charge in [-0.1, -0.05) is 35.5 Å². The Bertz CT molecular complexity index is 887. The summed E-state index contributed by atoms with van der Waals surface area (Å²) in [6.07, 6.45) is 1.06. The Morgan fingerprint density at radius 3 is 2.96 bits per heavy atom. The van der Waals surface area contributed by atoms with Crippen LogP contribution in [0.4, 0.5) is 0 Å². The Labute approximate surface area is 156 Å². The van der Waals surface area contributed by atoms with Crippen LogP contribution in [0.2, 0.25) is 0 Å². The molecular weight excluding hydrogens is 346 g/mol. The lowest BCUT2D eigenvalue weighted by Gasteiger charge is -2.35. The van der Waals surface area contributed by atoms with Crippen molar-refractivity contribution in [3.05, 3.63) is 75.3 Å². The summed E-state index contributed by atoms with van der Waals surface area (Å²) in [5.74, 6) is 0.0350. The molecule has 6 heteroatoms. The predicted molar refractivity (Wildman–Crippen MR) is 101 cm³/mol. The molecule has 5 nitrogen and oxygen atoms in total. The third-order valence-electron chi connectivity index (χ3n) is 4.77. The van der Waals surface area contributed by atoms with E-state index in [-0.39, 0.29) is 17.7 Å². The summed E-state index contributed by atoms with van der Waals surface area (Å²) >= 11 is 1.84. The summed E-state index contributed by atoms with van der Waals surface area (Å²) in [4.78, 5) is 16.3. The normalized spacial score (nSPS) is 15.4. The van der Waals surface area contributed by atoms with Crippen molar-refractivity contribution >= 4 is 17.2 Å². The summed E-state index contributed by atoms with van der Waals surface area (Å²) in [5.41, 5.74) is 3.32. The monoisotopic (exact) mass is 367 g/mol. The van der Waals surface area contributed by atoms with Crippen LogP contribution in [-0.2, 0) is 13.0 Å². The molecule has 1 atom stereocenters. The lowest BCUT2D eigenvalue weighted by molar-refractivity contribution is 0.0891. The maximum Gasteiger partial charge on any atom is 0.289 e. The van der Waals surface area contributed by atoms with Crippen LogP contribution in [0.5, 0.6) is 0 Å². The molecule has 0 saturated heterocycles. The van der Waals surface area contributed by atoms with Gasteiger partial charge in [-0.2, -0.15) is 0 Å². The lowest BCUT2D eigenvalue weighted by atomic mass is 10.0. The first-order chi connectivity index (χ1) is 12.7. The number of amides is 1. The fraction of sp³-hybridized carbons (Fsp3) is 0.300. The highest BCUT2D eigenvalue weighted by Crippen LogP contribution is 2.30. The Kier molecular flexibility index (Phi) is 4.86. The van der Waals surface area contributed by atoms with Crippen molar-refractivity contribution in [1.29, 1.82) is 0 Å². The average molecular weight is 367 g/mol. The number of nitrogens with zero attached hydrogens (tertiary/aromatic N) is 2. The van der Waals surface area contributed by atoms with Crippen molar-refractivity contribution < 1.29 is 9.32 Å². The van der Waals surface area contributed by atoms with Crippen LogP contribution < -0.4 is 5.32 Å². The minimum atomic E-state index is -0.222. The molecule has 0 unspecified atom stereocenters. The van der Waals surface area contributed by atoms with Crippen LogP contribution in [0.1, 0.15) is 38.3 Å². The molecule has 1 aliphatic heterocycles. The zero-order valence-corrected chi connectivity index (χ0v) is 15.5. The first-order valence-corrected chi connectivity index (χ1v) is 9.64. The highest BCUT2D eigenvalue weighted by atomic mass is 32.1. The van der Waals surface area contributed by atoms with Crippen molar-refractivity contribution in [2.24, 2.45) is 0 Å². The Hall–Kier alpha value is -2.44. The van der Waals surface area contributed by atoms with E-state index in [4.69, 9.17) is 4.52 Å². The topological polar surface area (TPSA) is 58.4 Å². The molecule has 4 rings (SSSR count). The molecule has 0 bridgehead atoms. The molecule has 26 heavy (non-hydrogen) atoms. The number of fused-ring (bicyclic) bond motifs is 1. The second-order valence-electron chi connectivity index (χ2n) is 6.56. The van der Waals surface area contributed by atoms with Crippen LogP contribution in [0.3, 0.4) is 0 Å². The summed E-state index contributed by atoms with van der Waals surface area (Å²) in [6, 6.07) is 14.3. The van der Waals surface area contributed by atoms with Crippen LogP contribution in [0.15, 0.2) is 52.4 Å². The van der Waals surface area contributed by atoms with E-state index in [2.05, 4.69) is 39.0 Å². The fourth-order valence-electron chi connectivity index (χ4n) is 3.42. The van der Waals surface area contributed by atoms with Crippen molar-refractivity contribution in [2.45, 2.75) is 25.9 Å². The molecule has 3 heterocycles. The largest absolute Gasteiger partial charge is 0.351 e. The standard InChI is InChI=1S/C20H21N3O2S/c1-14-11-18(25-22-14)20(24)21-12-17(15-5-3-2-4-6-15)23-9-7-19-16(13-23)8-10-26-19/h2-6,8,10-11,17H,7,9,12-13H2,1H3,(H,21,24)/t17-/m1/s1. The number of nitrogens with one attached hydrogen (secondary N) is 1. The van der Waals surface area contributed by atoms with Crippen molar-refractivity contribution in [3.63, 3.8) is 0 Å². The minimum absolute atomic E-state index is 0.122. The SMILES string of the molecule is Cc1cc(C(=O)NC[C@H](c2ccccc2)N2CCc3sccc3C2)on1. The Morgan fingerprint density at radius 2 is 2.19 bits per heavy atom. The number of carbonyl (C=O) groups excluding carboxylic acids is 1. The molecular formula is C20H21N3O2S. The summed E-state index contributed by atoms with van der Waals surface area (Å²) in [7, 11) is 0. The third-order valence-corrected chi connectivity index (χ3v) is 5.79. The van der Waals surface area contributed by atoms with Gasteiger partial charge in [-0.25, -0.2) is 0 Å². The van der Waals surface area contributed by atoms with Crippen molar-refractivity contribution in [1.82, 2.24) is 15.4 Å². The van der Waals surface area contributed by atoms with E-state index in [1.54, 1.807) is 13.0 Å². The minimum Gasteiger partial charge on any atom is -0.351 e. The van der Waals surface area contributed by atoms with Crippen molar-refractivity contribution in [3.8, 4) is 0 Å². The van der Waals surface area contributed by atoms with Gasteiger partial charge in [0.15, 0.2) is 0 Å². The molecule has 1 N–H and O–H groups in total. The fourth-order valence-corrected chi connectivity index (χ4v) is 4.31. The van der Waals surface area contributed by atoms with E-state index in [1.165, 1.54) is 16.0 Å². The molecule has 0 aliphatic carbocycles. The van der Waals surface area contributed by atoms with Gasteiger partial charge in [0.25, 0.3) is 5.91 Å². The van der Waals surface area contributed by atoms with Gasteiger partial charge < -0.3 is 9.84 Å². The van der Waals surface area contributed by atoms with Crippen LogP contribution in [0, 0.1) is 6.92 Å². The lowest BCUT2D eigenvalue weighted by Crippen LogP contribution is -2.40. The van der Waals surface area contributed by atoms with E-state index >= 15 is 0 Å². The highest BCUT2D eigenvalue weighted by molar-refractivity contribution is 7.10. The molecule has 0 spiro atoms. The molecule has 0 fully saturated rings. The number of hydrogen-bond donors (Lipinski definition) is 1. The van der Waals surface area contributed by atoms with E-state index in [0.717, 1.165) is 19.5 Å². The summed E-state index contributed by atoms with van der Waals surface area (Å²) in [6.45, 7) is 4.24. The molecule has 0 radical (unpaired) electrons. The number of rotatable bonds is 5. The van der Waals surface area contributed by atoms with E-state index < -0.39 is 0 Å². The van der Waals surface area contributed by atoms with Crippen LogP contribution in [0.25, 0.3) is 0 Å². The van der Waals surface area contributed by atoms with E-state index in [1.807, 2.05) is 29.5 Å². The molecule has 134 valence electrons. The quantitative estimate of drug-likeness (QED) is 0.749. The third kappa shape index (κ3) is 3.57. The first-order valence-electron chi connectivity index (χ1n) is 8.76. The van der Waals surface area contributed by atoms with Gasteiger partial charge in [0, 0.05) is 30.6 Å². The van der Waals surface area contributed by atoms with Crippen LogP contribution in [-0.4, -0.2) is 29.1 Å². The van der Waals surface area contributed by atoms with E-state index in [0.29, 0.717) is 12.2 Å². The molecule has 0 saturated carbocycles. The van der Waals surface area contributed by atoms with Gasteiger partial charge in [-0.15, -0.1) is 11.3 Å². The number of aryl methyl sites for hydroxylation is 1. The molecule has 1 aliphatic rings. The van der Waals surface area contributed by atoms with Gasteiger partial charge in [0.2, 0.25) is 5.76 Å². The second kappa shape index (κ2) is 7.43. The van der Waals surface area contributed by atoms with Crippen LogP contribution >= 0.6 is 11.3 Å². The van der Waals surface area contributed by atoms with Gasteiger partial charge in [0.1, 0.15) is 0 Å². The smallest absolute Gasteiger partial charge is 0.289 e. The number of hydrogen-bond acceptors (Lipinski definition) is 5. The molecule has 2 aromatic heterocycles. The Balaban J connectivity index is 1.51. The molecule has 1 aromatic carbocycles. The van der Waals surface area contributed by atoms with Gasteiger partial charge >= 0.3 is 0 Å². The zero-order valence-electron chi connectivity index (χ0n) is 14.6. The van der Waals surface area contributed by atoms with Gasteiger partial charge in [0.05, 0.1) is 11.7 Å². The number of thiophene rings is 1. The summed E-state index contributed by atoms with van der Waals surface area (Å²) in [5, 5.41) is 8.97. The highest BCUT2D eigenvalue weighted by Gasteiger charge is 2.26. The van der Waals surface area contributed by atoms with Crippen molar-refractivity contribution in [2.75, 3.05) is 13.1 Å². The average Bonchev–Trinajstić information content (AvgIpc) is 3.31. The number of carbonyl (C=O) groups is 1. The first kappa shape index (κ1) is 17.0. The van der Waals surface area contributed by atoms with Gasteiger partial charge in [-0.3, -0.25) is 9.69 Å². The maximum atomic E-state index is 12.4. The number of aromatic nitrogens is 1. The molecule has 1 amide bonds. The second-order valence-corrected chi connectivity index (χ2v) is 7.56. The maximum absolute atomic E-state index is 12.4. The predicted octanol–water partition coefficient (Wildman–Crippen LogP) is 3.57. The Morgan fingerprint density at radius 1 is 1.35 bits per heavy atom. The van der Waals surface area contributed by atoms with E-state index in [9.17, 15) is 4.79 Å². The number of benzene rings is 1. The zero-order chi connectivity index (χ0) is 17.9. The van der Waals surface area contributed by atoms with Gasteiger partial charge in [-0.05, 0) is 35.9 Å². The summed E-state index contributed by atoms with van der Waals surface area (Å²) < 4.78 is 5.07.